The Kier molecular flexibility index (Phi) is 40.8. The van der Waals surface area contributed by atoms with Crippen LogP contribution in [-0.4, -0.2) is 37.2 Å². The maximum atomic E-state index is 12.7. The molecular weight excluding hydrogens is 685 g/mol. The first-order valence-electron chi connectivity index (χ1n) is 24.2. The van der Waals surface area contributed by atoms with Crippen LogP contribution in [0, 0.1) is 11.8 Å². The van der Waals surface area contributed by atoms with Crippen LogP contribution in [0.1, 0.15) is 266 Å². The predicted molar refractivity (Wildman–Crippen MR) is 233 cm³/mol. The Hall–Kier alpha value is -1.59. The summed E-state index contributed by atoms with van der Waals surface area (Å²) in [5.41, 5.74) is 0. The second-order valence-corrected chi connectivity index (χ2v) is 17.7. The fraction of sp³-hybridized carbons (Fsp3) is 0.939. The molecule has 326 valence electrons. The first-order valence-corrected chi connectivity index (χ1v) is 24.2. The molecule has 0 aromatic rings. The summed E-state index contributed by atoms with van der Waals surface area (Å²) >= 11 is 0. The zero-order valence-corrected chi connectivity index (χ0v) is 37.6. The molecule has 0 bridgehead atoms. The lowest BCUT2D eigenvalue weighted by Crippen LogP contribution is -2.30. The van der Waals surface area contributed by atoms with Crippen molar-refractivity contribution in [3.8, 4) is 0 Å². The summed E-state index contributed by atoms with van der Waals surface area (Å²) in [6, 6.07) is 0. The lowest BCUT2D eigenvalue weighted by atomic mass is 10.0. The highest BCUT2D eigenvalue weighted by molar-refractivity contribution is 5.71. The Balaban J connectivity index is 4.28. The summed E-state index contributed by atoms with van der Waals surface area (Å²) in [7, 11) is 0. The van der Waals surface area contributed by atoms with Gasteiger partial charge in [0.15, 0.2) is 6.10 Å². The lowest BCUT2D eigenvalue weighted by molar-refractivity contribution is -0.167. The van der Waals surface area contributed by atoms with Crippen LogP contribution in [0.5, 0.6) is 0 Å². The van der Waals surface area contributed by atoms with Crippen molar-refractivity contribution in [1.29, 1.82) is 0 Å². The molecule has 0 heterocycles. The van der Waals surface area contributed by atoms with E-state index in [4.69, 9.17) is 14.2 Å². The van der Waals surface area contributed by atoms with Crippen LogP contribution in [-0.2, 0) is 28.6 Å². The number of hydrogen-bond donors (Lipinski definition) is 0. The SMILES string of the molecule is CCCCCCCCCCCCCCCCCCC(=O)OC[C@@H](COC(=O)CCCCCCCCCC(C)C)OC(=O)CCCCCCCCCCC(C)C. The highest BCUT2D eigenvalue weighted by atomic mass is 16.6. The van der Waals surface area contributed by atoms with Crippen LogP contribution in [0.25, 0.3) is 0 Å². The maximum absolute atomic E-state index is 12.7. The zero-order valence-electron chi connectivity index (χ0n) is 37.6. The molecule has 0 aliphatic carbocycles. The highest BCUT2D eigenvalue weighted by Gasteiger charge is 2.19. The molecule has 1 atom stereocenters. The van der Waals surface area contributed by atoms with Crippen molar-refractivity contribution < 1.29 is 28.6 Å². The zero-order chi connectivity index (χ0) is 40.5. The predicted octanol–water partition coefficient (Wildman–Crippen LogP) is 15.4. The van der Waals surface area contributed by atoms with Gasteiger partial charge in [-0.2, -0.15) is 0 Å². The minimum atomic E-state index is -0.761. The third kappa shape index (κ3) is 43.4. The molecule has 0 N–H and O–H groups in total. The average Bonchev–Trinajstić information content (AvgIpc) is 3.15. The molecule has 0 unspecified atom stereocenters. The third-order valence-corrected chi connectivity index (χ3v) is 11.0. The normalized spacial score (nSPS) is 12.1. The second-order valence-electron chi connectivity index (χ2n) is 17.7. The van der Waals surface area contributed by atoms with Crippen molar-refractivity contribution in [2.75, 3.05) is 13.2 Å². The van der Waals surface area contributed by atoms with Gasteiger partial charge in [0.05, 0.1) is 0 Å². The van der Waals surface area contributed by atoms with Crippen molar-refractivity contribution in [3.05, 3.63) is 0 Å². The second kappa shape index (κ2) is 42.0. The van der Waals surface area contributed by atoms with E-state index in [1.165, 1.54) is 154 Å². The number of carbonyl (C=O) groups is 3. The van der Waals surface area contributed by atoms with Gasteiger partial charge in [-0.3, -0.25) is 14.4 Å². The van der Waals surface area contributed by atoms with Crippen LogP contribution in [0.2, 0.25) is 0 Å². The lowest BCUT2D eigenvalue weighted by Gasteiger charge is -2.18. The topological polar surface area (TPSA) is 78.9 Å². The van der Waals surface area contributed by atoms with Crippen molar-refractivity contribution in [2.45, 2.75) is 272 Å². The van der Waals surface area contributed by atoms with E-state index < -0.39 is 6.10 Å². The fourth-order valence-electron chi connectivity index (χ4n) is 7.28. The van der Waals surface area contributed by atoms with Gasteiger partial charge in [0.2, 0.25) is 0 Å². The van der Waals surface area contributed by atoms with Gasteiger partial charge in [-0.1, -0.05) is 227 Å². The Morgan fingerprint density at radius 2 is 0.600 bits per heavy atom. The smallest absolute Gasteiger partial charge is 0.306 e. The van der Waals surface area contributed by atoms with Crippen LogP contribution in [0.4, 0.5) is 0 Å². The van der Waals surface area contributed by atoms with Gasteiger partial charge >= 0.3 is 17.9 Å². The van der Waals surface area contributed by atoms with Gasteiger partial charge in [0.25, 0.3) is 0 Å². The standard InChI is InChI=1S/C49H94O6/c1-6-7-8-9-10-11-12-13-14-15-16-17-18-24-29-34-39-47(50)53-42-46(43-54-48(51)40-35-30-26-21-23-28-33-38-45(4)5)55-49(52)41-36-31-25-20-19-22-27-32-37-44(2)3/h44-46H,6-43H2,1-5H3/t46-/m0/s1. The van der Waals surface area contributed by atoms with E-state index in [9.17, 15) is 14.4 Å². The summed E-state index contributed by atoms with van der Waals surface area (Å²) in [5, 5.41) is 0. The average molecular weight is 779 g/mol. The minimum absolute atomic E-state index is 0.0651. The number of hydrogen-bond acceptors (Lipinski definition) is 6. The molecule has 6 heteroatoms. The summed E-state index contributed by atoms with van der Waals surface area (Å²) in [5.74, 6) is 0.717. The van der Waals surface area contributed by atoms with E-state index in [0.29, 0.717) is 19.3 Å². The molecule has 0 aromatic carbocycles. The van der Waals surface area contributed by atoms with Gasteiger partial charge in [-0.15, -0.1) is 0 Å². The van der Waals surface area contributed by atoms with E-state index >= 15 is 0 Å². The van der Waals surface area contributed by atoms with Crippen molar-refractivity contribution in [2.24, 2.45) is 11.8 Å². The Labute approximate surface area is 342 Å². The van der Waals surface area contributed by atoms with Crippen LogP contribution >= 0.6 is 0 Å². The summed E-state index contributed by atoms with van der Waals surface area (Å²) in [6.45, 7) is 11.3. The van der Waals surface area contributed by atoms with Crippen molar-refractivity contribution in [3.63, 3.8) is 0 Å². The van der Waals surface area contributed by atoms with Gasteiger partial charge in [-0.05, 0) is 31.1 Å². The summed E-state index contributed by atoms with van der Waals surface area (Å²) < 4.78 is 16.7. The van der Waals surface area contributed by atoms with Crippen molar-refractivity contribution in [1.82, 2.24) is 0 Å². The quantitative estimate of drug-likeness (QED) is 0.0348. The minimum Gasteiger partial charge on any atom is -0.462 e. The third-order valence-electron chi connectivity index (χ3n) is 11.0. The molecule has 0 spiro atoms. The number of ether oxygens (including phenoxy) is 3. The van der Waals surface area contributed by atoms with Crippen LogP contribution < -0.4 is 0 Å². The fourth-order valence-corrected chi connectivity index (χ4v) is 7.28. The van der Waals surface area contributed by atoms with Gasteiger partial charge in [0.1, 0.15) is 13.2 Å². The first-order chi connectivity index (χ1) is 26.7. The number of carbonyl (C=O) groups excluding carboxylic acids is 3. The molecule has 0 rings (SSSR count). The molecule has 0 saturated carbocycles. The molecule has 0 aliphatic heterocycles. The Morgan fingerprint density at radius 1 is 0.345 bits per heavy atom. The van der Waals surface area contributed by atoms with E-state index in [1.54, 1.807) is 0 Å². The first kappa shape index (κ1) is 53.4. The van der Waals surface area contributed by atoms with E-state index in [1.807, 2.05) is 0 Å². The molecule has 0 aromatic heterocycles. The van der Waals surface area contributed by atoms with E-state index in [0.717, 1.165) is 69.6 Å². The summed E-state index contributed by atoms with van der Waals surface area (Å²) in [6.07, 6.45) is 41.0. The van der Waals surface area contributed by atoms with Crippen LogP contribution in [0.15, 0.2) is 0 Å². The maximum Gasteiger partial charge on any atom is 0.306 e. The van der Waals surface area contributed by atoms with Gasteiger partial charge < -0.3 is 14.2 Å². The molecule has 0 radical (unpaired) electrons. The van der Waals surface area contributed by atoms with E-state index in [2.05, 4.69) is 34.6 Å². The van der Waals surface area contributed by atoms with Gasteiger partial charge in [0, 0.05) is 19.3 Å². The van der Waals surface area contributed by atoms with Crippen LogP contribution in [0.3, 0.4) is 0 Å². The Morgan fingerprint density at radius 3 is 0.891 bits per heavy atom. The molecule has 0 fully saturated rings. The molecular formula is C49H94O6. The number of esters is 3. The molecule has 55 heavy (non-hydrogen) atoms. The molecule has 6 nitrogen and oxygen atoms in total. The Bertz CT molecular complexity index is 839. The molecule has 0 amide bonds. The number of unbranched alkanes of at least 4 members (excludes halogenated alkanes) is 28. The monoisotopic (exact) mass is 779 g/mol. The van der Waals surface area contributed by atoms with Gasteiger partial charge in [-0.25, -0.2) is 0 Å². The summed E-state index contributed by atoms with van der Waals surface area (Å²) in [4.78, 5) is 37.8. The molecule has 0 aliphatic rings. The van der Waals surface area contributed by atoms with E-state index in [-0.39, 0.29) is 31.1 Å². The largest absolute Gasteiger partial charge is 0.462 e. The molecule has 0 saturated heterocycles. The highest BCUT2D eigenvalue weighted by Crippen LogP contribution is 2.17. The van der Waals surface area contributed by atoms with Crippen molar-refractivity contribution >= 4 is 17.9 Å². The number of rotatable bonds is 43.